The molecule has 4 heteroatoms. The summed E-state index contributed by atoms with van der Waals surface area (Å²) in [7, 11) is 0. The monoisotopic (exact) mass is 297 g/mol. The van der Waals surface area contributed by atoms with Gasteiger partial charge in [0.05, 0.1) is 0 Å². The number of halogens is 1. The number of anilines is 1. The van der Waals surface area contributed by atoms with Crippen molar-refractivity contribution in [3.8, 4) is 0 Å². The van der Waals surface area contributed by atoms with E-state index in [2.05, 4.69) is 37.7 Å². The number of hydrogen-bond donors (Lipinski definition) is 0. The first-order valence-corrected chi connectivity index (χ1v) is 7.62. The molecule has 0 N–H and O–H groups in total. The Balaban J connectivity index is 2.23. The molecule has 1 heterocycles. The quantitative estimate of drug-likeness (QED) is 0.783. The van der Waals surface area contributed by atoms with Crippen LogP contribution in [0.3, 0.4) is 0 Å². The van der Waals surface area contributed by atoms with Gasteiger partial charge in [-0.1, -0.05) is 15.9 Å². The first-order chi connectivity index (χ1) is 8.36. The lowest BCUT2D eigenvalue weighted by Crippen LogP contribution is -2.27. The minimum absolute atomic E-state index is 1.02. The van der Waals surface area contributed by atoms with Crippen molar-refractivity contribution in [1.82, 2.24) is 9.97 Å². The number of hydrogen-bond acceptors (Lipinski definition) is 3. The van der Waals surface area contributed by atoms with Crippen LogP contribution in [-0.4, -0.2) is 28.4 Å². The number of rotatable bonds is 5. The summed E-state index contributed by atoms with van der Waals surface area (Å²) in [5, 5.41) is 1.05. The van der Waals surface area contributed by atoms with Crippen LogP contribution in [0.4, 0.5) is 5.82 Å². The topological polar surface area (TPSA) is 29.0 Å². The van der Waals surface area contributed by atoms with Crippen molar-refractivity contribution in [2.45, 2.75) is 39.0 Å². The van der Waals surface area contributed by atoms with E-state index in [9.17, 15) is 0 Å². The molecule has 0 bridgehead atoms. The summed E-state index contributed by atoms with van der Waals surface area (Å²) < 4.78 is 0. The Bertz CT molecular complexity index is 368. The van der Waals surface area contributed by atoms with Crippen molar-refractivity contribution in [2.24, 2.45) is 0 Å². The minimum Gasteiger partial charge on any atom is -0.357 e. The van der Waals surface area contributed by atoms with Gasteiger partial charge in [-0.2, -0.15) is 0 Å². The van der Waals surface area contributed by atoms with E-state index in [1.807, 2.05) is 0 Å². The third kappa shape index (κ3) is 2.97. The molecule has 17 heavy (non-hydrogen) atoms. The van der Waals surface area contributed by atoms with Crippen molar-refractivity contribution >= 4 is 21.7 Å². The first kappa shape index (κ1) is 12.8. The Kier molecular flexibility index (Phi) is 4.77. The highest BCUT2D eigenvalue weighted by Crippen LogP contribution is 2.27. The van der Waals surface area contributed by atoms with Gasteiger partial charge in [0.1, 0.15) is 12.1 Å². The van der Waals surface area contributed by atoms with Crippen molar-refractivity contribution in [3.05, 3.63) is 17.6 Å². The molecule has 1 aliphatic carbocycles. The molecule has 0 aromatic carbocycles. The van der Waals surface area contributed by atoms with Crippen LogP contribution in [0.5, 0.6) is 0 Å². The van der Waals surface area contributed by atoms with Crippen LogP contribution in [0.15, 0.2) is 6.33 Å². The average Bonchev–Trinajstić information content (AvgIpc) is 2.40. The van der Waals surface area contributed by atoms with E-state index in [4.69, 9.17) is 0 Å². The molecule has 3 nitrogen and oxygen atoms in total. The van der Waals surface area contributed by atoms with Gasteiger partial charge >= 0.3 is 0 Å². The van der Waals surface area contributed by atoms with Gasteiger partial charge < -0.3 is 4.90 Å². The predicted molar refractivity (Wildman–Crippen MR) is 75.0 cm³/mol. The summed E-state index contributed by atoms with van der Waals surface area (Å²) in [6.07, 6.45) is 7.72. The Morgan fingerprint density at radius 3 is 2.88 bits per heavy atom. The third-order valence-corrected chi connectivity index (χ3v) is 3.91. The van der Waals surface area contributed by atoms with E-state index < -0.39 is 0 Å². The van der Waals surface area contributed by atoms with Crippen molar-refractivity contribution < 1.29 is 0 Å². The van der Waals surface area contributed by atoms with Crippen LogP contribution in [-0.2, 0) is 12.8 Å². The number of fused-ring (bicyclic) bond motifs is 1. The molecule has 1 aliphatic rings. The Hall–Kier alpha value is -0.640. The Morgan fingerprint density at radius 2 is 2.12 bits per heavy atom. The highest BCUT2D eigenvalue weighted by Gasteiger charge is 2.18. The van der Waals surface area contributed by atoms with Crippen LogP contribution in [0.2, 0.25) is 0 Å². The second-order valence-corrected chi connectivity index (χ2v) is 5.24. The molecule has 0 radical (unpaired) electrons. The number of aromatic nitrogens is 2. The fraction of sp³-hybridized carbons (Fsp3) is 0.692. The number of nitrogens with zero attached hydrogens (tertiary/aromatic N) is 3. The summed E-state index contributed by atoms with van der Waals surface area (Å²) in [5.74, 6) is 1.18. The number of alkyl halides is 1. The molecule has 0 unspecified atom stereocenters. The standard InChI is InChI=1S/C13H20BrN3/c1-2-17(9-5-8-14)13-11-6-3-4-7-12(11)15-10-16-13/h10H,2-9H2,1H3. The maximum atomic E-state index is 4.52. The second kappa shape index (κ2) is 6.34. The highest BCUT2D eigenvalue weighted by molar-refractivity contribution is 9.09. The minimum atomic E-state index is 1.02. The van der Waals surface area contributed by atoms with Gasteiger partial charge in [0, 0.05) is 29.7 Å². The van der Waals surface area contributed by atoms with E-state index in [0.29, 0.717) is 0 Å². The molecule has 0 saturated heterocycles. The Labute approximate surface area is 112 Å². The van der Waals surface area contributed by atoms with E-state index in [-0.39, 0.29) is 0 Å². The summed E-state index contributed by atoms with van der Waals surface area (Å²) in [6.45, 7) is 4.30. The number of aryl methyl sites for hydroxylation is 1. The molecule has 2 rings (SSSR count). The maximum Gasteiger partial charge on any atom is 0.135 e. The van der Waals surface area contributed by atoms with E-state index >= 15 is 0 Å². The van der Waals surface area contributed by atoms with Crippen LogP contribution in [0.1, 0.15) is 37.4 Å². The molecule has 0 aliphatic heterocycles. The van der Waals surface area contributed by atoms with E-state index in [1.54, 1.807) is 6.33 Å². The molecular formula is C13H20BrN3. The normalized spacial score (nSPS) is 14.5. The zero-order valence-corrected chi connectivity index (χ0v) is 12.0. The van der Waals surface area contributed by atoms with Crippen LogP contribution in [0, 0.1) is 0 Å². The maximum absolute atomic E-state index is 4.52. The van der Waals surface area contributed by atoms with Gasteiger partial charge in [0.25, 0.3) is 0 Å². The largest absolute Gasteiger partial charge is 0.357 e. The molecule has 0 fully saturated rings. The fourth-order valence-electron chi connectivity index (χ4n) is 2.44. The molecule has 94 valence electrons. The molecule has 0 spiro atoms. The molecule has 0 saturated carbocycles. The summed E-state index contributed by atoms with van der Waals surface area (Å²) >= 11 is 3.50. The summed E-state index contributed by atoms with van der Waals surface area (Å²) in [6, 6.07) is 0. The van der Waals surface area contributed by atoms with Crippen molar-refractivity contribution in [2.75, 3.05) is 23.3 Å². The van der Waals surface area contributed by atoms with Gasteiger partial charge in [0.2, 0.25) is 0 Å². The fourth-order valence-corrected chi connectivity index (χ4v) is 2.69. The van der Waals surface area contributed by atoms with Crippen LogP contribution in [0.25, 0.3) is 0 Å². The predicted octanol–water partition coefficient (Wildman–Crippen LogP) is 2.97. The second-order valence-electron chi connectivity index (χ2n) is 4.45. The average molecular weight is 298 g/mol. The van der Waals surface area contributed by atoms with Gasteiger partial charge in [-0.3, -0.25) is 0 Å². The lowest BCUT2D eigenvalue weighted by molar-refractivity contribution is 0.653. The van der Waals surface area contributed by atoms with E-state index in [0.717, 1.165) is 37.7 Å². The lowest BCUT2D eigenvalue weighted by atomic mass is 9.96. The zero-order chi connectivity index (χ0) is 12.1. The Morgan fingerprint density at radius 1 is 1.29 bits per heavy atom. The molecule has 0 atom stereocenters. The van der Waals surface area contributed by atoms with Gasteiger partial charge in [0.15, 0.2) is 0 Å². The van der Waals surface area contributed by atoms with Crippen molar-refractivity contribution in [1.29, 1.82) is 0 Å². The molecular weight excluding hydrogens is 278 g/mol. The van der Waals surface area contributed by atoms with Crippen molar-refractivity contribution in [3.63, 3.8) is 0 Å². The lowest BCUT2D eigenvalue weighted by Gasteiger charge is -2.26. The van der Waals surface area contributed by atoms with Gasteiger partial charge in [-0.15, -0.1) is 0 Å². The van der Waals surface area contributed by atoms with Crippen LogP contribution < -0.4 is 4.90 Å². The van der Waals surface area contributed by atoms with Gasteiger partial charge in [-0.05, 0) is 39.0 Å². The smallest absolute Gasteiger partial charge is 0.135 e. The highest BCUT2D eigenvalue weighted by atomic mass is 79.9. The summed E-state index contributed by atoms with van der Waals surface area (Å²) in [4.78, 5) is 11.3. The van der Waals surface area contributed by atoms with Crippen LogP contribution >= 0.6 is 15.9 Å². The molecule has 0 amide bonds. The van der Waals surface area contributed by atoms with Gasteiger partial charge in [-0.25, -0.2) is 9.97 Å². The molecule has 1 aromatic heterocycles. The zero-order valence-electron chi connectivity index (χ0n) is 10.5. The summed E-state index contributed by atoms with van der Waals surface area (Å²) in [5.41, 5.74) is 2.67. The first-order valence-electron chi connectivity index (χ1n) is 6.50. The van der Waals surface area contributed by atoms with E-state index in [1.165, 1.54) is 29.9 Å². The SMILES string of the molecule is CCN(CCCBr)c1ncnc2c1CCCC2. The third-order valence-electron chi connectivity index (χ3n) is 3.35. The molecule has 1 aromatic rings.